The van der Waals surface area contributed by atoms with Gasteiger partial charge in [-0.25, -0.2) is 0 Å². The van der Waals surface area contributed by atoms with Crippen LogP contribution < -0.4 is 14.8 Å². The second kappa shape index (κ2) is 9.72. The lowest BCUT2D eigenvalue weighted by atomic mass is 10.2. The first-order valence-corrected chi connectivity index (χ1v) is 8.13. The number of rotatable bonds is 9. The second-order valence-corrected chi connectivity index (χ2v) is 5.77. The number of carbonyl (C=O) groups excluding carboxylic acids is 1. The number of para-hydroxylation sites is 1. The highest BCUT2D eigenvalue weighted by Crippen LogP contribution is 2.29. The van der Waals surface area contributed by atoms with E-state index < -0.39 is 6.61 Å². The Hall–Kier alpha value is -2.67. The molecule has 0 aliphatic rings. The Balaban J connectivity index is 1.85. The normalized spacial score (nSPS) is 10.8. The molecule has 0 aliphatic heterocycles. The zero-order chi connectivity index (χ0) is 18.9. The molecule has 0 saturated heterocycles. The fourth-order valence-corrected chi connectivity index (χ4v) is 2.43. The number of ether oxygens (including phenoxy) is 2. The Kier molecular flexibility index (Phi) is 7.35. The monoisotopic (exact) mass is 364 g/mol. The lowest BCUT2D eigenvalue weighted by Crippen LogP contribution is -2.24. The van der Waals surface area contributed by atoms with Crippen molar-refractivity contribution in [3.8, 4) is 11.5 Å². The van der Waals surface area contributed by atoms with Crippen molar-refractivity contribution in [3.63, 3.8) is 0 Å². The number of alkyl halides is 2. The van der Waals surface area contributed by atoms with Gasteiger partial charge in [0, 0.05) is 25.2 Å². The summed E-state index contributed by atoms with van der Waals surface area (Å²) >= 11 is 0. The molecule has 2 rings (SSSR count). The van der Waals surface area contributed by atoms with E-state index in [0.717, 1.165) is 11.3 Å². The predicted octanol–water partition coefficient (Wildman–Crippen LogP) is 3.76. The van der Waals surface area contributed by atoms with E-state index in [2.05, 4.69) is 10.1 Å². The van der Waals surface area contributed by atoms with Crippen molar-refractivity contribution in [3.05, 3.63) is 54.1 Å². The summed E-state index contributed by atoms with van der Waals surface area (Å²) in [7, 11) is 3.28. The molecule has 1 amide bonds. The van der Waals surface area contributed by atoms with Gasteiger partial charge in [0.15, 0.2) is 11.5 Å². The summed E-state index contributed by atoms with van der Waals surface area (Å²) in [4.78, 5) is 13.9. The number of amides is 1. The minimum atomic E-state index is -2.90. The number of methoxy groups -OCH3 is 1. The fourth-order valence-electron chi connectivity index (χ4n) is 2.43. The average Bonchev–Trinajstić information content (AvgIpc) is 2.61. The van der Waals surface area contributed by atoms with E-state index in [4.69, 9.17) is 4.74 Å². The summed E-state index contributed by atoms with van der Waals surface area (Å²) in [6, 6.07) is 14.1. The molecular weight excluding hydrogens is 342 g/mol. The molecular formula is C19H22F2N2O3. The molecule has 0 unspecified atom stereocenters. The molecule has 0 aromatic heterocycles. The number of hydrogen-bond donors (Lipinski definition) is 1. The van der Waals surface area contributed by atoms with Gasteiger partial charge in [-0.05, 0) is 36.9 Å². The third-order valence-corrected chi connectivity index (χ3v) is 3.67. The van der Waals surface area contributed by atoms with E-state index in [1.54, 1.807) is 12.1 Å². The number of halogens is 2. The molecule has 2 aromatic rings. The average molecular weight is 364 g/mol. The third-order valence-electron chi connectivity index (χ3n) is 3.67. The number of nitrogens with zero attached hydrogens (tertiary/aromatic N) is 1. The number of benzene rings is 2. The number of carbonyl (C=O) groups is 1. The molecule has 0 radical (unpaired) electrons. The molecule has 1 N–H and O–H groups in total. The summed E-state index contributed by atoms with van der Waals surface area (Å²) in [6.07, 6.45) is 0.342. The van der Waals surface area contributed by atoms with Gasteiger partial charge >= 0.3 is 6.61 Å². The Morgan fingerprint density at radius 3 is 2.54 bits per heavy atom. The predicted molar refractivity (Wildman–Crippen MR) is 95.6 cm³/mol. The van der Waals surface area contributed by atoms with Crippen LogP contribution in [-0.2, 0) is 11.3 Å². The van der Waals surface area contributed by atoms with Crippen molar-refractivity contribution in [2.45, 2.75) is 19.6 Å². The number of anilines is 1. The van der Waals surface area contributed by atoms with Crippen molar-refractivity contribution in [1.82, 2.24) is 4.90 Å². The maximum atomic E-state index is 12.4. The molecule has 0 saturated carbocycles. The van der Waals surface area contributed by atoms with Gasteiger partial charge in [-0.15, -0.1) is 0 Å². The quantitative estimate of drug-likeness (QED) is 0.736. The smallest absolute Gasteiger partial charge is 0.387 e. The van der Waals surface area contributed by atoms with Crippen LogP contribution in [0.3, 0.4) is 0 Å². The van der Waals surface area contributed by atoms with Crippen molar-refractivity contribution >= 4 is 11.6 Å². The van der Waals surface area contributed by atoms with Crippen molar-refractivity contribution in [1.29, 1.82) is 0 Å². The van der Waals surface area contributed by atoms with Gasteiger partial charge in [0.2, 0.25) is 5.91 Å². The van der Waals surface area contributed by atoms with Gasteiger partial charge in [0.25, 0.3) is 0 Å². The van der Waals surface area contributed by atoms with Gasteiger partial charge in [0.1, 0.15) is 0 Å². The Labute approximate surface area is 151 Å². The molecule has 140 valence electrons. The molecule has 0 aliphatic carbocycles. The van der Waals surface area contributed by atoms with Crippen LogP contribution in [0.1, 0.15) is 12.0 Å². The largest absolute Gasteiger partial charge is 0.493 e. The van der Waals surface area contributed by atoms with Gasteiger partial charge in [0.05, 0.1) is 7.11 Å². The molecule has 2 aromatic carbocycles. The molecule has 0 fully saturated rings. The van der Waals surface area contributed by atoms with Crippen molar-refractivity contribution in [2.75, 3.05) is 26.0 Å². The molecule has 0 heterocycles. The summed E-state index contributed by atoms with van der Waals surface area (Å²) < 4.78 is 34.2. The standard InChI is InChI=1S/C19H22F2N2O3/c1-23(11-10-18(24)22-15-6-4-3-5-7-15)13-14-8-9-16(26-19(20)21)17(12-14)25-2/h3-9,12,19H,10-11,13H2,1-2H3,(H,22,24). The van der Waals surface area contributed by atoms with Crippen LogP contribution >= 0.6 is 0 Å². The first-order chi connectivity index (χ1) is 12.5. The zero-order valence-electron chi connectivity index (χ0n) is 14.7. The van der Waals surface area contributed by atoms with Gasteiger partial charge in [-0.2, -0.15) is 8.78 Å². The van der Waals surface area contributed by atoms with E-state index >= 15 is 0 Å². The fraction of sp³-hybridized carbons (Fsp3) is 0.316. The highest BCUT2D eigenvalue weighted by atomic mass is 19.3. The zero-order valence-corrected chi connectivity index (χ0v) is 14.7. The van der Waals surface area contributed by atoms with Crippen molar-refractivity contribution in [2.24, 2.45) is 0 Å². The Morgan fingerprint density at radius 1 is 1.15 bits per heavy atom. The molecule has 26 heavy (non-hydrogen) atoms. The van der Waals surface area contributed by atoms with Crippen LogP contribution in [-0.4, -0.2) is 38.1 Å². The van der Waals surface area contributed by atoms with Crippen LogP contribution in [0.25, 0.3) is 0 Å². The molecule has 0 spiro atoms. The molecule has 7 heteroatoms. The second-order valence-electron chi connectivity index (χ2n) is 5.77. The molecule has 0 bridgehead atoms. The topological polar surface area (TPSA) is 50.8 Å². The summed E-state index contributed by atoms with van der Waals surface area (Å²) in [5.41, 5.74) is 1.63. The lowest BCUT2D eigenvalue weighted by molar-refractivity contribution is -0.116. The maximum Gasteiger partial charge on any atom is 0.387 e. The SMILES string of the molecule is COc1cc(CN(C)CCC(=O)Nc2ccccc2)ccc1OC(F)F. The summed E-state index contributed by atoms with van der Waals surface area (Å²) in [5.74, 6) is 0.176. The van der Waals surface area contributed by atoms with E-state index in [9.17, 15) is 13.6 Å². The van der Waals surface area contributed by atoms with E-state index in [1.807, 2.05) is 42.3 Å². The minimum absolute atomic E-state index is 0.00357. The third kappa shape index (κ3) is 6.33. The first-order valence-electron chi connectivity index (χ1n) is 8.13. The van der Waals surface area contributed by atoms with Crippen LogP contribution in [0.15, 0.2) is 48.5 Å². The minimum Gasteiger partial charge on any atom is -0.493 e. The molecule has 0 atom stereocenters. The molecule has 5 nitrogen and oxygen atoms in total. The van der Waals surface area contributed by atoms with E-state index in [0.29, 0.717) is 19.5 Å². The maximum absolute atomic E-state index is 12.4. The van der Waals surface area contributed by atoms with Crippen LogP contribution in [0.5, 0.6) is 11.5 Å². The van der Waals surface area contributed by atoms with Gasteiger partial charge < -0.3 is 19.7 Å². The van der Waals surface area contributed by atoms with Crippen LogP contribution in [0, 0.1) is 0 Å². The van der Waals surface area contributed by atoms with Gasteiger partial charge in [-0.1, -0.05) is 24.3 Å². The van der Waals surface area contributed by atoms with Crippen LogP contribution in [0.2, 0.25) is 0 Å². The van der Waals surface area contributed by atoms with E-state index in [1.165, 1.54) is 13.2 Å². The summed E-state index contributed by atoms with van der Waals surface area (Å²) in [6.45, 7) is -1.80. The highest BCUT2D eigenvalue weighted by molar-refractivity contribution is 5.90. The lowest BCUT2D eigenvalue weighted by Gasteiger charge is -2.18. The van der Waals surface area contributed by atoms with E-state index in [-0.39, 0.29) is 17.4 Å². The first kappa shape index (κ1) is 19.7. The van der Waals surface area contributed by atoms with Crippen molar-refractivity contribution < 1.29 is 23.0 Å². The summed E-state index contributed by atoms with van der Waals surface area (Å²) in [5, 5.41) is 2.83. The Bertz CT molecular complexity index is 711. The highest BCUT2D eigenvalue weighted by Gasteiger charge is 2.12. The van der Waals surface area contributed by atoms with Crippen LogP contribution in [0.4, 0.5) is 14.5 Å². The number of nitrogens with one attached hydrogen (secondary N) is 1. The number of hydrogen-bond acceptors (Lipinski definition) is 4. The Morgan fingerprint density at radius 2 is 1.88 bits per heavy atom. The van der Waals surface area contributed by atoms with Gasteiger partial charge in [-0.3, -0.25) is 4.79 Å².